The Morgan fingerprint density at radius 1 is 1.33 bits per heavy atom. The fourth-order valence-electron chi connectivity index (χ4n) is 1.44. The number of aliphatic carboxylic acids is 1. The molecule has 0 aromatic heterocycles. The molecule has 2 unspecified atom stereocenters. The molecule has 0 aromatic carbocycles. The second-order valence-electron chi connectivity index (χ2n) is 3.56. The van der Waals surface area contributed by atoms with Crippen molar-refractivity contribution in [3.05, 3.63) is 10.4 Å². The van der Waals surface area contributed by atoms with Crippen molar-refractivity contribution in [1.82, 2.24) is 0 Å². The number of azide groups is 1. The first kappa shape index (κ1) is 14.6. The van der Waals surface area contributed by atoms with Crippen molar-refractivity contribution in [2.75, 3.05) is 13.2 Å². The van der Waals surface area contributed by atoms with Gasteiger partial charge in [0.15, 0.2) is 12.4 Å². The van der Waals surface area contributed by atoms with Crippen LogP contribution in [0.4, 0.5) is 0 Å². The molecule has 0 spiro atoms. The summed E-state index contributed by atoms with van der Waals surface area (Å²) in [5.74, 6) is -1.49. The fourth-order valence-corrected chi connectivity index (χ4v) is 1.44. The molecular weight excluding hydrogens is 250 g/mol. The summed E-state index contributed by atoms with van der Waals surface area (Å²) in [5, 5.41) is 40.2. The summed E-state index contributed by atoms with van der Waals surface area (Å²) in [6.07, 6.45) is -8.17. The van der Waals surface area contributed by atoms with Gasteiger partial charge in [-0.15, -0.1) is 0 Å². The number of rotatable bonds is 5. The molecule has 10 heteroatoms. The standard InChI is InChI=1S/C8H13N3O7/c9-11-10-1-2-17-8-5(14)3(12)4(13)6(18-8)7(15)16/h3-6,8,12-14H,1-2H2,(H,15,16)/t3?,4-,5-,6?,8+/m0/s1. The first-order chi connectivity index (χ1) is 8.49. The molecule has 1 aliphatic heterocycles. The Balaban J connectivity index is 2.61. The van der Waals surface area contributed by atoms with Crippen LogP contribution in [-0.4, -0.2) is 70.3 Å². The topological polar surface area (TPSA) is 165 Å². The Morgan fingerprint density at radius 2 is 2.00 bits per heavy atom. The third kappa shape index (κ3) is 3.29. The normalized spacial score (nSPS) is 35.8. The van der Waals surface area contributed by atoms with E-state index < -0.39 is 36.7 Å². The minimum Gasteiger partial charge on any atom is -0.479 e. The molecule has 0 aromatic rings. The van der Waals surface area contributed by atoms with Crippen LogP contribution >= 0.6 is 0 Å². The van der Waals surface area contributed by atoms with Crippen molar-refractivity contribution in [2.45, 2.75) is 30.7 Å². The molecule has 0 aliphatic carbocycles. The highest BCUT2D eigenvalue weighted by Gasteiger charge is 2.47. The molecule has 0 saturated carbocycles. The Kier molecular flexibility index (Phi) is 5.28. The van der Waals surface area contributed by atoms with Gasteiger partial charge in [-0.2, -0.15) is 0 Å². The Labute approximate surface area is 101 Å². The van der Waals surface area contributed by atoms with E-state index in [9.17, 15) is 20.1 Å². The Morgan fingerprint density at radius 3 is 2.56 bits per heavy atom. The van der Waals surface area contributed by atoms with E-state index >= 15 is 0 Å². The molecule has 102 valence electrons. The van der Waals surface area contributed by atoms with Gasteiger partial charge in [0.25, 0.3) is 0 Å². The quantitative estimate of drug-likeness (QED) is 0.196. The molecule has 0 radical (unpaired) electrons. The van der Waals surface area contributed by atoms with Crippen LogP contribution in [0, 0.1) is 0 Å². The van der Waals surface area contributed by atoms with Gasteiger partial charge >= 0.3 is 5.97 Å². The zero-order chi connectivity index (χ0) is 13.7. The first-order valence-electron chi connectivity index (χ1n) is 5.04. The van der Waals surface area contributed by atoms with Crippen molar-refractivity contribution in [1.29, 1.82) is 0 Å². The monoisotopic (exact) mass is 263 g/mol. The highest BCUT2D eigenvalue weighted by atomic mass is 16.7. The summed E-state index contributed by atoms with van der Waals surface area (Å²) < 4.78 is 9.73. The lowest BCUT2D eigenvalue weighted by Crippen LogP contribution is -2.60. The van der Waals surface area contributed by atoms with E-state index in [4.69, 9.17) is 20.1 Å². The molecule has 0 amide bonds. The van der Waals surface area contributed by atoms with E-state index in [0.29, 0.717) is 0 Å². The van der Waals surface area contributed by atoms with Crippen LogP contribution in [0.1, 0.15) is 0 Å². The molecular formula is C8H13N3O7. The summed E-state index contributed by atoms with van der Waals surface area (Å²) in [7, 11) is 0. The number of carboxylic acid groups (broad SMARTS) is 1. The summed E-state index contributed by atoms with van der Waals surface area (Å²) in [4.78, 5) is 13.2. The fraction of sp³-hybridized carbons (Fsp3) is 0.875. The van der Waals surface area contributed by atoms with Crippen LogP contribution in [0.25, 0.3) is 10.4 Å². The van der Waals surface area contributed by atoms with Crippen LogP contribution in [0.2, 0.25) is 0 Å². The maximum atomic E-state index is 10.7. The molecule has 1 rings (SSSR count). The number of hydrogen-bond donors (Lipinski definition) is 4. The number of aliphatic hydroxyl groups is 3. The molecule has 1 heterocycles. The van der Waals surface area contributed by atoms with E-state index in [1.165, 1.54) is 0 Å². The third-order valence-electron chi connectivity index (χ3n) is 2.35. The van der Waals surface area contributed by atoms with Crippen molar-refractivity contribution in [2.24, 2.45) is 5.11 Å². The lowest BCUT2D eigenvalue weighted by Gasteiger charge is -2.38. The van der Waals surface area contributed by atoms with E-state index in [1.54, 1.807) is 0 Å². The van der Waals surface area contributed by atoms with Gasteiger partial charge in [-0.05, 0) is 5.53 Å². The van der Waals surface area contributed by atoms with Crippen molar-refractivity contribution in [3.8, 4) is 0 Å². The van der Waals surface area contributed by atoms with Gasteiger partial charge in [0, 0.05) is 11.5 Å². The van der Waals surface area contributed by atoms with Gasteiger partial charge in [0.05, 0.1) is 6.61 Å². The number of carboxylic acids is 1. The molecule has 1 fully saturated rings. The number of carbonyl (C=O) groups is 1. The van der Waals surface area contributed by atoms with Gasteiger partial charge in [-0.25, -0.2) is 4.79 Å². The highest BCUT2D eigenvalue weighted by molar-refractivity contribution is 5.73. The number of aliphatic hydroxyl groups excluding tert-OH is 3. The largest absolute Gasteiger partial charge is 0.479 e. The molecule has 0 bridgehead atoms. The Bertz CT molecular complexity index is 346. The first-order valence-corrected chi connectivity index (χ1v) is 5.04. The zero-order valence-corrected chi connectivity index (χ0v) is 9.16. The van der Waals surface area contributed by atoms with Crippen molar-refractivity contribution >= 4 is 5.97 Å². The number of ether oxygens (including phenoxy) is 2. The second-order valence-corrected chi connectivity index (χ2v) is 3.56. The van der Waals surface area contributed by atoms with Gasteiger partial charge in [-0.1, -0.05) is 5.11 Å². The van der Waals surface area contributed by atoms with Crippen molar-refractivity contribution < 1.29 is 34.7 Å². The predicted molar refractivity (Wildman–Crippen MR) is 54.3 cm³/mol. The van der Waals surface area contributed by atoms with Gasteiger partial charge in [0.2, 0.25) is 0 Å². The molecule has 5 atom stereocenters. The smallest absolute Gasteiger partial charge is 0.335 e. The summed E-state index contributed by atoms with van der Waals surface area (Å²) >= 11 is 0. The highest BCUT2D eigenvalue weighted by Crippen LogP contribution is 2.22. The van der Waals surface area contributed by atoms with Gasteiger partial charge in [-0.3, -0.25) is 0 Å². The molecule has 4 N–H and O–H groups in total. The summed E-state index contributed by atoms with van der Waals surface area (Å²) in [6, 6.07) is 0. The van der Waals surface area contributed by atoms with E-state index in [1.807, 2.05) is 0 Å². The van der Waals surface area contributed by atoms with Crippen LogP contribution in [-0.2, 0) is 14.3 Å². The molecule has 1 aliphatic rings. The second kappa shape index (κ2) is 6.50. The lowest BCUT2D eigenvalue weighted by molar-refractivity contribution is -0.293. The Hall–Kier alpha value is -1.42. The maximum Gasteiger partial charge on any atom is 0.335 e. The summed E-state index contributed by atoms with van der Waals surface area (Å²) in [6.45, 7) is -0.166. The maximum absolute atomic E-state index is 10.7. The lowest BCUT2D eigenvalue weighted by atomic mass is 9.99. The summed E-state index contributed by atoms with van der Waals surface area (Å²) in [5.41, 5.74) is 8.02. The SMILES string of the molecule is [N-]=[N+]=NCCO[C@@H]1OC(C(=O)O)[C@@H](O)C(O)[C@@H]1O. The van der Waals surface area contributed by atoms with Gasteiger partial charge < -0.3 is 29.9 Å². The van der Waals surface area contributed by atoms with Crippen LogP contribution in [0.3, 0.4) is 0 Å². The minimum absolute atomic E-state index is 0.0422. The van der Waals surface area contributed by atoms with E-state index in [-0.39, 0.29) is 13.2 Å². The van der Waals surface area contributed by atoms with E-state index in [0.717, 1.165) is 0 Å². The predicted octanol–water partition coefficient (Wildman–Crippen LogP) is -1.79. The van der Waals surface area contributed by atoms with Gasteiger partial charge in [0.1, 0.15) is 18.3 Å². The van der Waals surface area contributed by atoms with Crippen LogP contribution in [0.15, 0.2) is 5.11 Å². The zero-order valence-electron chi connectivity index (χ0n) is 9.16. The minimum atomic E-state index is -1.76. The molecule has 10 nitrogen and oxygen atoms in total. The van der Waals surface area contributed by atoms with Crippen LogP contribution in [0.5, 0.6) is 0 Å². The average molecular weight is 263 g/mol. The van der Waals surface area contributed by atoms with Crippen molar-refractivity contribution in [3.63, 3.8) is 0 Å². The number of hydrogen-bond acceptors (Lipinski definition) is 7. The van der Waals surface area contributed by atoms with Crippen LogP contribution < -0.4 is 0 Å². The number of nitrogens with zero attached hydrogens (tertiary/aromatic N) is 3. The third-order valence-corrected chi connectivity index (χ3v) is 2.35. The molecule has 18 heavy (non-hydrogen) atoms. The average Bonchev–Trinajstić information content (AvgIpc) is 2.33. The molecule has 1 saturated heterocycles. The van der Waals surface area contributed by atoms with E-state index in [2.05, 4.69) is 10.0 Å².